The monoisotopic (exact) mass is 182 g/mol. The van der Waals surface area contributed by atoms with E-state index in [-0.39, 0.29) is 13.2 Å². The molecule has 4 nitrogen and oxygen atoms in total. The molecule has 0 aliphatic carbocycles. The molecule has 0 saturated carbocycles. The first-order valence-corrected chi connectivity index (χ1v) is 3.65. The predicted molar refractivity (Wildman–Crippen MR) is 45.6 cm³/mol. The van der Waals surface area contributed by atoms with Gasteiger partial charge in [0.25, 0.3) is 0 Å². The fourth-order valence-corrected chi connectivity index (χ4v) is 0.487. The van der Waals surface area contributed by atoms with E-state index >= 15 is 0 Å². The van der Waals surface area contributed by atoms with Gasteiger partial charge in [-0.2, -0.15) is 0 Å². The van der Waals surface area contributed by atoms with Crippen LogP contribution in [-0.4, -0.2) is 25.2 Å². The van der Waals surface area contributed by atoms with Crippen LogP contribution in [0, 0.1) is 12.3 Å². The van der Waals surface area contributed by atoms with Crippen molar-refractivity contribution in [3.63, 3.8) is 0 Å². The second kappa shape index (κ2) is 6.92. The van der Waals surface area contributed by atoms with Gasteiger partial charge in [0.15, 0.2) is 6.61 Å². The van der Waals surface area contributed by atoms with Crippen molar-refractivity contribution in [1.29, 1.82) is 0 Å². The summed E-state index contributed by atoms with van der Waals surface area (Å²) >= 11 is 0. The lowest BCUT2D eigenvalue weighted by Gasteiger charge is -1.95. The highest BCUT2D eigenvalue weighted by Crippen LogP contribution is 1.84. The van der Waals surface area contributed by atoms with Crippen molar-refractivity contribution in [3.05, 3.63) is 12.2 Å². The Bertz CT molecular complexity index is 247. The van der Waals surface area contributed by atoms with E-state index < -0.39 is 11.9 Å². The molecule has 0 aromatic rings. The molecule has 70 valence electrons. The number of carbonyl (C=O) groups is 2. The van der Waals surface area contributed by atoms with Gasteiger partial charge >= 0.3 is 11.9 Å². The van der Waals surface area contributed by atoms with E-state index in [0.29, 0.717) is 0 Å². The standard InChI is InChI=1S/C9H10O4/c1-3-7-13-9(11)6-5-8(10)12-4-2/h1,5-6H,4,7H2,2H3. The van der Waals surface area contributed by atoms with Crippen molar-refractivity contribution in [2.24, 2.45) is 0 Å². The lowest BCUT2D eigenvalue weighted by atomic mass is 10.5. The van der Waals surface area contributed by atoms with Gasteiger partial charge in [0.05, 0.1) is 6.61 Å². The SMILES string of the molecule is C#CCOC(=O)C=CC(=O)OCC. The number of rotatable bonds is 4. The molecule has 0 bridgehead atoms. The van der Waals surface area contributed by atoms with E-state index in [2.05, 4.69) is 15.4 Å². The summed E-state index contributed by atoms with van der Waals surface area (Å²) < 4.78 is 8.97. The van der Waals surface area contributed by atoms with Gasteiger partial charge in [-0.05, 0) is 6.92 Å². The van der Waals surface area contributed by atoms with Gasteiger partial charge < -0.3 is 9.47 Å². The lowest BCUT2D eigenvalue weighted by Crippen LogP contribution is -2.04. The summed E-state index contributed by atoms with van der Waals surface area (Å²) in [7, 11) is 0. The second-order valence-electron chi connectivity index (χ2n) is 1.90. The van der Waals surface area contributed by atoms with Crippen molar-refractivity contribution < 1.29 is 19.1 Å². The van der Waals surface area contributed by atoms with Crippen LogP contribution in [0.5, 0.6) is 0 Å². The molecule has 0 heterocycles. The second-order valence-corrected chi connectivity index (χ2v) is 1.90. The molecule has 0 spiro atoms. The fraction of sp³-hybridized carbons (Fsp3) is 0.333. The Balaban J connectivity index is 3.77. The molecule has 0 saturated heterocycles. The van der Waals surface area contributed by atoms with Gasteiger partial charge in [0.2, 0.25) is 0 Å². The number of hydrogen-bond donors (Lipinski definition) is 0. The summed E-state index contributed by atoms with van der Waals surface area (Å²) in [6.07, 6.45) is 6.79. The Morgan fingerprint density at radius 3 is 2.31 bits per heavy atom. The van der Waals surface area contributed by atoms with Crippen LogP contribution in [0.1, 0.15) is 6.92 Å². The number of esters is 2. The first-order chi connectivity index (χ1) is 6.20. The number of ether oxygens (including phenoxy) is 2. The molecule has 0 atom stereocenters. The third-order valence-electron chi connectivity index (χ3n) is 0.940. The van der Waals surface area contributed by atoms with Crippen LogP contribution in [0.25, 0.3) is 0 Å². The minimum absolute atomic E-state index is 0.105. The highest BCUT2D eigenvalue weighted by molar-refractivity contribution is 5.91. The van der Waals surface area contributed by atoms with Gasteiger partial charge in [-0.3, -0.25) is 0 Å². The average Bonchev–Trinajstić information content (AvgIpc) is 2.12. The molecule has 0 aliphatic heterocycles. The highest BCUT2D eigenvalue weighted by atomic mass is 16.5. The Morgan fingerprint density at radius 1 is 1.31 bits per heavy atom. The zero-order chi connectivity index (χ0) is 10.1. The largest absolute Gasteiger partial charge is 0.463 e. The Hall–Kier alpha value is -1.76. The molecule has 0 radical (unpaired) electrons. The zero-order valence-electron chi connectivity index (χ0n) is 7.28. The zero-order valence-corrected chi connectivity index (χ0v) is 7.28. The average molecular weight is 182 g/mol. The minimum atomic E-state index is -0.661. The Kier molecular flexibility index (Phi) is 5.98. The normalized spacial score (nSPS) is 9.23. The van der Waals surface area contributed by atoms with Crippen molar-refractivity contribution >= 4 is 11.9 Å². The van der Waals surface area contributed by atoms with Crippen molar-refractivity contribution in [2.45, 2.75) is 6.92 Å². The molecule has 0 N–H and O–H groups in total. The molecule has 0 aromatic carbocycles. The van der Waals surface area contributed by atoms with E-state index in [4.69, 9.17) is 6.42 Å². The third kappa shape index (κ3) is 6.63. The summed E-state index contributed by atoms with van der Waals surface area (Å²) in [5, 5.41) is 0. The smallest absolute Gasteiger partial charge is 0.331 e. The van der Waals surface area contributed by atoms with Crippen LogP contribution >= 0.6 is 0 Å². The van der Waals surface area contributed by atoms with Crippen molar-refractivity contribution in [3.8, 4) is 12.3 Å². The number of carbonyl (C=O) groups excluding carboxylic acids is 2. The Labute approximate surface area is 76.5 Å². The maximum absolute atomic E-state index is 10.7. The lowest BCUT2D eigenvalue weighted by molar-refractivity contribution is -0.139. The molecular weight excluding hydrogens is 172 g/mol. The summed E-state index contributed by atoms with van der Waals surface area (Å²) in [5.41, 5.74) is 0. The summed E-state index contributed by atoms with van der Waals surface area (Å²) in [4.78, 5) is 21.4. The van der Waals surface area contributed by atoms with Crippen LogP contribution in [0.4, 0.5) is 0 Å². The number of hydrogen-bond acceptors (Lipinski definition) is 4. The van der Waals surface area contributed by atoms with E-state index in [0.717, 1.165) is 12.2 Å². The van der Waals surface area contributed by atoms with Gasteiger partial charge in [-0.25, -0.2) is 9.59 Å². The van der Waals surface area contributed by atoms with Gasteiger partial charge in [-0.15, -0.1) is 6.42 Å². The quantitative estimate of drug-likeness (QED) is 0.356. The van der Waals surface area contributed by atoms with Crippen LogP contribution in [0.3, 0.4) is 0 Å². The molecule has 0 aliphatic rings. The van der Waals surface area contributed by atoms with Gasteiger partial charge in [0.1, 0.15) is 0 Å². The summed E-state index contributed by atoms with van der Waals surface area (Å²) in [6, 6.07) is 0. The number of terminal acetylenes is 1. The Morgan fingerprint density at radius 2 is 1.85 bits per heavy atom. The van der Waals surface area contributed by atoms with Gasteiger partial charge in [0, 0.05) is 12.2 Å². The highest BCUT2D eigenvalue weighted by Gasteiger charge is 1.98. The van der Waals surface area contributed by atoms with E-state index in [1.807, 2.05) is 0 Å². The maximum Gasteiger partial charge on any atom is 0.331 e. The predicted octanol–water partition coefficient (Wildman–Crippen LogP) is 0.282. The van der Waals surface area contributed by atoms with Crippen LogP contribution < -0.4 is 0 Å². The maximum atomic E-state index is 10.7. The fourth-order valence-electron chi connectivity index (χ4n) is 0.487. The molecule has 4 heteroatoms. The molecular formula is C9H10O4. The topological polar surface area (TPSA) is 52.6 Å². The molecule has 13 heavy (non-hydrogen) atoms. The first-order valence-electron chi connectivity index (χ1n) is 3.65. The first kappa shape index (κ1) is 11.2. The van der Waals surface area contributed by atoms with E-state index in [1.165, 1.54) is 0 Å². The van der Waals surface area contributed by atoms with Crippen LogP contribution in [0.2, 0.25) is 0 Å². The van der Waals surface area contributed by atoms with Crippen molar-refractivity contribution in [1.82, 2.24) is 0 Å². The van der Waals surface area contributed by atoms with Crippen LogP contribution in [-0.2, 0) is 19.1 Å². The molecule has 0 aromatic heterocycles. The molecule has 0 unspecified atom stereocenters. The molecule has 0 rings (SSSR count). The molecule has 0 fully saturated rings. The van der Waals surface area contributed by atoms with Crippen LogP contribution in [0.15, 0.2) is 12.2 Å². The third-order valence-corrected chi connectivity index (χ3v) is 0.940. The van der Waals surface area contributed by atoms with E-state index in [9.17, 15) is 9.59 Å². The summed E-state index contributed by atoms with van der Waals surface area (Å²) in [6.45, 7) is 1.83. The molecule has 0 amide bonds. The van der Waals surface area contributed by atoms with Gasteiger partial charge in [-0.1, -0.05) is 5.92 Å². The summed E-state index contributed by atoms with van der Waals surface area (Å²) in [5.74, 6) is 0.874. The van der Waals surface area contributed by atoms with Crippen molar-refractivity contribution in [2.75, 3.05) is 13.2 Å². The minimum Gasteiger partial charge on any atom is -0.463 e. The van der Waals surface area contributed by atoms with E-state index in [1.54, 1.807) is 6.92 Å².